The average molecular weight is 400 g/mol. The summed E-state index contributed by atoms with van der Waals surface area (Å²) < 4.78 is 7.00. The molecular formula is C14H8Br2O4. The lowest BCUT2D eigenvalue weighted by atomic mass is 10.1. The largest absolute Gasteiger partial charge is 0.504 e. The van der Waals surface area contributed by atoms with Crippen molar-refractivity contribution >= 4 is 42.8 Å². The summed E-state index contributed by atoms with van der Waals surface area (Å²) in [5.74, 6) is 0.0330. The zero-order valence-electron chi connectivity index (χ0n) is 9.89. The van der Waals surface area contributed by atoms with Crippen molar-refractivity contribution in [1.82, 2.24) is 0 Å². The Kier molecular flexibility index (Phi) is 3.14. The maximum atomic E-state index is 9.81. The van der Waals surface area contributed by atoms with Crippen molar-refractivity contribution in [2.75, 3.05) is 0 Å². The van der Waals surface area contributed by atoms with Gasteiger partial charge in [0.25, 0.3) is 0 Å². The smallest absolute Gasteiger partial charge is 0.177 e. The topological polar surface area (TPSA) is 73.8 Å². The third kappa shape index (κ3) is 2.05. The van der Waals surface area contributed by atoms with Crippen molar-refractivity contribution in [2.45, 2.75) is 0 Å². The number of benzene rings is 2. The number of aromatic hydroxyl groups is 3. The van der Waals surface area contributed by atoms with Crippen LogP contribution in [-0.2, 0) is 0 Å². The molecule has 102 valence electrons. The van der Waals surface area contributed by atoms with Gasteiger partial charge in [-0.3, -0.25) is 0 Å². The third-order valence-electron chi connectivity index (χ3n) is 2.94. The van der Waals surface area contributed by atoms with Crippen LogP contribution < -0.4 is 0 Å². The molecule has 0 radical (unpaired) electrons. The quantitative estimate of drug-likeness (QED) is 0.516. The van der Waals surface area contributed by atoms with Crippen LogP contribution in [0.5, 0.6) is 17.2 Å². The first-order valence-electron chi connectivity index (χ1n) is 5.60. The monoisotopic (exact) mass is 398 g/mol. The summed E-state index contributed by atoms with van der Waals surface area (Å²) in [6.07, 6.45) is 0. The molecule has 0 unspecified atom stereocenters. The molecule has 1 heterocycles. The third-order valence-corrected chi connectivity index (χ3v) is 4.29. The SMILES string of the molecule is Oc1cc(Br)c(-c2cc3c(Br)ccc(O)c3o2)cc1O. The molecule has 0 atom stereocenters. The Balaban J connectivity index is 2.28. The summed E-state index contributed by atoms with van der Waals surface area (Å²) in [7, 11) is 0. The van der Waals surface area contributed by atoms with Crippen molar-refractivity contribution in [3.05, 3.63) is 39.3 Å². The molecule has 0 aliphatic carbocycles. The summed E-state index contributed by atoms with van der Waals surface area (Å²) in [6.45, 7) is 0. The lowest BCUT2D eigenvalue weighted by molar-refractivity contribution is 0.403. The fourth-order valence-corrected chi connectivity index (χ4v) is 2.90. The van der Waals surface area contributed by atoms with Crippen LogP contribution in [0.1, 0.15) is 0 Å². The van der Waals surface area contributed by atoms with Gasteiger partial charge < -0.3 is 19.7 Å². The molecule has 3 aromatic rings. The molecule has 2 aromatic carbocycles. The van der Waals surface area contributed by atoms with Gasteiger partial charge in [0, 0.05) is 19.9 Å². The van der Waals surface area contributed by atoms with Gasteiger partial charge in [0.1, 0.15) is 5.76 Å². The number of furan rings is 1. The van der Waals surface area contributed by atoms with Gasteiger partial charge in [0.05, 0.1) is 0 Å². The number of hydrogen-bond donors (Lipinski definition) is 3. The Hall–Kier alpha value is -1.66. The average Bonchev–Trinajstić information content (AvgIpc) is 2.84. The maximum absolute atomic E-state index is 9.81. The number of phenols is 3. The summed E-state index contributed by atoms with van der Waals surface area (Å²) in [5.41, 5.74) is 0.927. The minimum absolute atomic E-state index is 0.0357. The summed E-state index contributed by atoms with van der Waals surface area (Å²) >= 11 is 6.70. The van der Waals surface area contributed by atoms with Crippen molar-refractivity contribution in [3.63, 3.8) is 0 Å². The van der Waals surface area contributed by atoms with Gasteiger partial charge in [0.15, 0.2) is 22.8 Å². The van der Waals surface area contributed by atoms with E-state index >= 15 is 0 Å². The highest BCUT2D eigenvalue weighted by Crippen LogP contribution is 2.42. The lowest BCUT2D eigenvalue weighted by Gasteiger charge is -2.03. The van der Waals surface area contributed by atoms with E-state index in [4.69, 9.17) is 4.42 Å². The predicted molar refractivity (Wildman–Crippen MR) is 82.0 cm³/mol. The van der Waals surface area contributed by atoms with E-state index in [2.05, 4.69) is 31.9 Å². The molecule has 0 saturated heterocycles. The van der Waals surface area contributed by atoms with E-state index in [9.17, 15) is 15.3 Å². The molecule has 0 fully saturated rings. The summed E-state index contributed by atoms with van der Waals surface area (Å²) in [5, 5.41) is 29.6. The Labute approximate surface area is 130 Å². The molecule has 0 saturated carbocycles. The molecule has 0 aliphatic heterocycles. The van der Waals surface area contributed by atoms with Crippen LogP contribution in [0.3, 0.4) is 0 Å². The van der Waals surface area contributed by atoms with Crippen LogP contribution in [0.15, 0.2) is 43.7 Å². The zero-order valence-corrected chi connectivity index (χ0v) is 13.1. The Morgan fingerprint density at radius 3 is 2.20 bits per heavy atom. The van der Waals surface area contributed by atoms with Gasteiger partial charge in [-0.2, -0.15) is 0 Å². The molecule has 0 spiro atoms. The van der Waals surface area contributed by atoms with Crippen LogP contribution >= 0.6 is 31.9 Å². The molecular weight excluding hydrogens is 392 g/mol. The number of phenolic OH excluding ortho intramolecular Hbond substituents is 3. The fraction of sp³-hybridized carbons (Fsp3) is 0. The van der Waals surface area contributed by atoms with E-state index in [0.717, 1.165) is 9.86 Å². The van der Waals surface area contributed by atoms with Crippen molar-refractivity contribution in [1.29, 1.82) is 0 Å². The highest BCUT2D eigenvalue weighted by Gasteiger charge is 2.16. The van der Waals surface area contributed by atoms with E-state index in [1.54, 1.807) is 12.1 Å². The highest BCUT2D eigenvalue weighted by molar-refractivity contribution is 9.11. The van der Waals surface area contributed by atoms with Gasteiger partial charge in [-0.05, 0) is 46.3 Å². The molecule has 3 N–H and O–H groups in total. The van der Waals surface area contributed by atoms with Crippen LogP contribution in [-0.4, -0.2) is 15.3 Å². The van der Waals surface area contributed by atoms with Gasteiger partial charge >= 0.3 is 0 Å². The van der Waals surface area contributed by atoms with E-state index in [-0.39, 0.29) is 17.2 Å². The first kappa shape index (κ1) is 13.3. The number of hydrogen-bond acceptors (Lipinski definition) is 4. The first-order chi connectivity index (χ1) is 9.47. The fourth-order valence-electron chi connectivity index (χ4n) is 1.95. The lowest BCUT2D eigenvalue weighted by Crippen LogP contribution is -1.78. The van der Waals surface area contributed by atoms with E-state index in [0.29, 0.717) is 21.4 Å². The van der Waals surface area contributed by atoms with Crippen LogP contribution in [0.2, 0.25) is 0 Å². The molecule has 6 heteroatoms. The molecule has 1 aromatic heterocycles. The summed E-state index contributed by atoms with van der Waals surface area (Å²) in [4.78, 5) is 0. The summed E-state index contributed by atoms with van der Waals surface area (Å²) in [6, 6.07) is 7.77. The number of rotatable bonds is 1. The second-order valence-electron chi connectivity index (χ2n) is 4.24. The Bertz CT molecular complexity index is 785. The van der Waals surface area contributed by atoms with Crippen LogP contribution in [0, 0.1) is 0 Å². The molecule has 3 rings (SSSR count). The second-order valence-corrected chi connectivity index (χ2v) is 5.95. The number of halogens is 2. The Morgan fingerprint density at radius 2 is 1.50 bits per heavy atom. The van der Waals surface area contributed by atoms with Gasteiger partial charge in [-0.15, -0.1) is 0 Å². The van der Waals surface area contributed by atoms with Gasteiger partial charge in [-0.25, -0.2) is 0 Å². The zero-order chi connectivity index (χ0) is 14.4. The van der Waals surface area contributed by atoms with E-state index in [1.807, 2.05) is 0 Å². The first-order valence-corrected chi connectivity index (χ1v) is 7.19. The van der Waals surface area contributed by atoms with E-state index < -0.39 is 0 Å². The molecule has 0 aliphatic rings. The molecule has 0 bridgehead atoms. The Morgan fingerprint density at radius 1 is 0.800 bits per heavy atom. The van der Waals surface area contributed by atoms with Gasteiger partial charge in [0.2, 0.25) is 0 Å². The minimum atomic E-state index is -0.244. The van der Waals surface area contributed by atoms with Crippen molar-refractivity contribution in [2.24, 2.45) is 0 Å². The maximum Gasteiger partial charge on any atom is 0.177 e. The van der Waals surface area contributed by atoms with Gasteiger partial charge in [-0.1, -0.05) is 15.9 Å². The number of fused-ring (bicyclic) bond motifs is 1. The second kappa shape index (κ2) is 4.71. The minimum Gasteiger partial charge on any atom is -0.504 e. The van der Waals surface area contributed by atoms with E-state index in [1.165, 1.54) is 18.2 Å². The molecule has 0 amide bonds. The van der Waals surface area contributed by atoms with Crippen molar-refractivity contribution in [3.8, 4) is 28.6 Å². The molecule has 4 nitrogen and oxygen atoms in total. The normalized spacial score (nSPS) is 11.1. The standard InChI is InChI=1S/C14H8Br2O4/c15-8-1-2-10(17)14-7(8)4-13(20-14)6-3-11(18)12(19)5-9(6)16/h1-5,17-19H. The van der Waals surface area contributed by atoms with Crippen molar-refractivity contribution < 1.29 is 19.7 Å². The predicted octanol–water partition coefficient (Wildman–Crippen LogP) is 4.74. The van der Waals surface area contributed by atoms with Crippen LogP contribution in [0.25, 0.3) is 22.3 Å². The highest BCUT2D eigenvalue weighted by atomic mass is 79.9. The van der Waals surface area contributed by atoms with Crippen LogP contribution in [0.4, 0.5) is 0 Å². The molecule has 20 heavy (non-hydrogen) atoms.